The summed E-state index contributed by atoms with van der Waals surface area (Å²) in [6, 6.07) is 0. The maximum atomic E-state index is 11.7. The SMILES string of the molecule is O=C(O)CC1CCC2(CCNC2=O)CC1. The summed E-state index contributed by atoms with van der Waals surface area (Å²) in [5.74, 6) is -0.246. The minimum atomic E-state index is -0.716. The monoisotopic (exact) mass is 211 g/mol. The maximum absolute atomic E-state index is 11.7. The normalized spacial score (nSPS) is 35.5. The molecule has 0 bridgehead atoms. The second-order valence-corrected chi connectivity index (χ2v) is 4.83. The highest BCUT2D eigenvalue weighted by molar-refractivity contribution is 5.84. The van der Waals surface area contributed by atoms with Gasteiger partial charge in [0.25, 0.3) is 0 Å². The number of carboxylic acid groups (broad SMARTS) is 1. The summed E-state index contributed by atoms with van der Waals surface area (Å²) in [7, 11) is 0. The number of carbonyl (C=O) groups excluding carboxylic acids is 1. The lowest BCUT2D eigenvalue weighted by molar-refractivity contribution is -0.138. The van der Waals surface area contributed by atoms with Crippen molar-refractivity contribution in [2.24, 2.45) is 11.3 Å². The van der Waals surface area contributed by atoms with Crippen LogP contribution in [0.4, 0.5) is 0 Å². The molecule has 0 aromatic rings. The summed E-state index contributed by atoms with van der Waals surface area (Å²) in [6.45, 7) is 0.794. The van der Waals surface area contributed by atoms with E-state index in [4.69, 9.17) is 5.11 Å². The molecule has 1 heterocycles. The zero-order chi connectivity index (χ0) is 10.9. The van der Waals surface area contributed by atoms with Crippen molar-refractivity contribution in [1.29, 1.82) is 0 Å². The summed E-state index contributed by atoms with van der Waals surface area (Å²) < 4.78 is 0. The zero-order valence-electron chi connectivity index (χ0n) is 8.79. The Morgan fingerprint density at radius 2 is 2.07 bits per heavy atom. The van der Waals surface area contributed by atoms with Gasteiger partial charge < -0.3 is 10.4 Å². The fourth-order valence-electron chi connectivity index (χ4n) is 2.87. The van der Waals surface area contributed by atoms with E-state index in [1.807, 2.05) is 0 Å². The van der Waals surface area contributed by atoms with Gasteiger partial charge in [-0.05, 0) is 38.0 Å². The van der Waals surface area contributed by atoms with E-state index in [9.17, 15) is 9.59 Å². The first kappa shape index (κ1) is 10.5. The van der Waals surface area contributed by atoms with Crippen LogP contribution in [0.2, 0.25) is 0 Å². The number of hydrogen-bond acceptors (Lipinski definition) is 2. The molecule has 84 valence electrons. The highest BCUT2D eigenvalue weighted by atomic mass is 16.4. The van der Waals surface area contributed by atoms with Crippen molar-refractivity contribution >= 4 is 11.9 Å². The molecule has 2 N–H and O–H groups in total. The summed E-state index contributed by atoms with van der Waals surface area (Å²) in [4.78, 5) is 22.2. The summed E-state index contributed by atoms with van der Waals surface area (Å²) in [5.41, 5.74) is -0.144. The minimum absolute atomic E-state index is 0.144. The van der Waals surface area contributed by atoms with Crippen LogP contribution < -0.4 is 5.32 Å². The molecule has 1 saturated heterocycles. The van der Waals surface area contributed by atoms with E-state index in [2.05, 4.69) is 5.32 Å². The average Bonchev–Trinajstić information content (AvgIpc) is 2.52. The first-order valence-electron chi connectivity index (χ1n) is 5.62. The molecule has 1 aliphatic heterocycles. The predicted octanol–water partition coefficient (Wildman–Crippen LogP) is 1.16. The predicted molar refractivity (Wildman–Crippen MR) is 54.3 cm³/mol. The van der Waals surface area contributed by atoms with E-state index in [1.165, 1.54) is 0 Å². The van der Waals surface area contributed by atoms with Gasteiger partial charge >= 0.3 is 5.97 Å². The lowest BCUT2D eigenvalue weighted by Crippen LogP contribution is -2.35. The molecule has 1 spiro atoms. The van der Waals surface area contributed by atoms with Gasteiger partial charge in [-0.25, -0.2) is 0 Å². The Morgan fingerprint density at radius 3 is 2.53 bits per heavy atom. The van der Waals surface area contributed by atoms with Gasteiger partial charge in [0.05, 0.1) is 5.41 Å². The fraction of sp³-hybridized carbons (Fsp3) is 0.818. The highest BCUT2D eigenvalue weighted by Crippen LogP contribution is 2.44. The van der Waals surface area contributed by atoms with E-state index in [-0.39, 0.29) is 23.7 Å². The van der Waals surface area contributed by atoms with Crippen molar-refractivity contribution < 1.29 is 14.7 Å². The van der Waals surface area contributed by atoms with Gasteiger partial charge in [-0.15, -0.1) is 0 Å². The first-order chi connectivity index (χ1) is 7.12. The molecule has 1 saturated carbocycles. The third-order valence-electron chi connectivity index (χ3n) is 3.90. The molecule has 4 nitrogen and oxygen atoms in total. The second-order valence-electron chi connectivity index (χ2n) is 4.83. The number of carbonyl (C=O) groups is 2. The average molecular weight is 211 g/mol. The summed E-state index contributed by atoms with van der Waals surface area (Å²) >= 11 is 0. The van der Waals surface area contributed by atoms with Gasteiger partial charge in [0.1, 0.15) is 0 Å². The Balaban J connectivity index is 1.91. The lowest BCUT2D eigenvalue weighted by atomic mass is 9.69. The number of carboxylic acids is 1. The Kier molecular flexibility index (Phi) is 2.67. The van der Waals surface area contributed by atoms with Crippen LogP contribution in [0.3, 0.4) is 0 Å². The van der Waals surface area contributed by atoms with E-state index in [1.54, 1.807) is 0 Å². The standard InChI is InChI=1S/C11H17NO3/c13-9(14)7-8-1-3-11(4-2-8)5-6-12-10(11)15/h8H,1-7H2,(H,12,15)(H,13,14). The minimum Gasteiger partial charge on any atom is -0.481 e. The molecule has 2 aliphatic rings. The Bertz CT molecular complexity index is 280. The highest BCUT2D eigenvalue weighted by Gasteiger charge is 2.44. The van der Waals surface area contributed by atoms with Crippen molar-refractivity contribution in [3.63, 3.8) is 0 Å². The van der Waals surface area contributed by atoms with E-state index < -0.39 is 5.97 Å². The van der Waals surface area contributed by atoms with Gasteiger partial charge in [0.2, 0.25) is 5.91 Å². The largest absolute Gasteiger partial charge is 0.481 e. The number of hydrogen-bond donors (Lipinski definition) is 2. The van der Waals surface area contributed by atoms with Gasteiger partial charge in [0.15, 0.2) is 0 Å². The van der Waals surface area contributed by atoms with Gasteiger partial charge in [-0.2, -0.15) is 0 Å². The van der Waals surface area contributed by atoms with Crippen molar-refractivity contribution in [3.8, 4) is 0 Å². The topological polar surface area (TPSA) is 66.4 Å². The Labute approximate surface area is 89.0 Å². The van der Waals surface area contributed by atoms with Crippen molar-refractivity contribution in [2.75, 3.05) is 6.54 Å². The van der Waals surface area contributed by atoms with Crippen LogP contribution in [-0.4, -0.2) is 23.5 Å². The quantitative estimate of drug-likeness (QED) is 0.720. The molecular weight excluding hydrogens is 194 g/mol. The van der Waals surface area contributed by atoms with Crippen LogP contribution in [0.5, 0.6) is 0 Å². The van der Waals surface area contributed by atoms with Gasteiger partial charge in [-0.1, -0.05) is 0 Å². The van der Waals surface area contributed by atoms with Crippen LogP contribution in [0.15, 0.2) is 0 Å². The zero-order valence-corrected chi connectivity index (χ0v) is 8.79. The molecule has 2 fully saturated rings. The number of nitrogens with one attached hydrogen (secondary N) is 1. The number of aliphatic carboxylic acids is 1. The first-order valence-corrected chi connectivity index (χ1v) is 5.62. The number of amides is 1. The van der Waals surface area contributed by atoms with Crippen molar-refractivity contribution in [3.05, 3.63) is 0 Å². The molecule has 2 rings (SSSR count). The Morgan fingerprint density at radius 1 is 1.40 bits per heavy atom. The van der Waals surface area contributed by atoms with E-state index in [0.717, 1.165) is 38.6 Å². The Hall–Kier alpha value is -1.06. The molecule has 0 unspecified atom stereocenters. The van der Waals surface area contributed by atoms with Crippen LogP contribution >= 0.6 is 0 Å². The molecule has 0 atom stereocenters. The van der Waals surface area contributed by atoms with Crippen LogP contribution in [0.25, 0.3) is 0 Å². The molecule has 1 amide bonds. The molecule has 15 heavy (non-hydrogen) atoms. The van der Waals surface area contributed by atoms with Crippen molar-refractivity contribution in [2.45, 2.75) is 38.5 Å². The van der Waals surface area contributed by atoms with Gasteiger partial charge in [0, 0.05) is 13.0 Å². The lowest BCUT2D eigenvalue weighted by Gasteiger charge is -2.34. The van der Waals surface area contributed by atoms with Crippen LogP contribution in [0, 0.1) is 11.3 Å². The summed E-state index contributed by atoms with van der Waals surface area (Å²) in [6.07, 6.45) is 4.72. The molecule has 4 heteroatoms. The van der Waals surface area contributed by atoms with Crippen LogP contribution in [-0.2, 0) is 9.59 Å². The molecule has 1 aliphatic carbocycles. The molecule has 0 aromatic carbocycles. The third kappa shape index (κ3) is 1.98. The molecular formula is C11H17NO3. The van der Waals surface area contributed by atoms with Gasteiger partial charge in [-0.3, -0.25) is 9.59 Å². The maximum Gasteiger partial charge on any atom is 0.303 e. The smallest absolute Gasteiger partial charge is 0.303 e. The molecule has 0 radical (unpaired) electrons. The fourth-order valence-corrected chi connectivity index (χ4v) is 2.87. The van der Waals surface area contributed by atoms with E-state index in [0.29, 0.717) is 0 Å². The second kappa shape index (κ2) is 3.83. The summed E-state index contributed by atoms with van der Waals surface area (Å²) in [5, 5.41) is 11.6. The molecule has 0 aromatic heterocycles. The number of rotatable bonds is 2. The third-order valence-corrected chi connectivity index (χ3v) is 3.90. The van der Waals surface area contributed by atoms with Crippen molar-refractivity contribution in [1.82, 2.24) is 5.32 Å². The van der Waals surface area contributed by atoms with Crippen LogP contribution in [0.1, 0.15) is 38.5 Å². The van der Waals surface area contributed by atoms with E-state index >= 15 is 0 Å².